The van der Waals surface area contributed by atoms with Crippen LogP contribution in [0.3, 0.4) is 0 Å². The van der Waals surface area contributed by atoms with Crippen molar-refractivity contribution in [2.24, 2.45) is 11.5 Å². The number of aromatic nitrogens is 2. The maximum atomic E-state index is 10.9. The summed E-state index contributed by atoms with van der Waals surface area (Å²) in [5, 5.41) is 0. The Morgan fingerprint density at radius 1 is 1.47 bits per heavy atom. The van der Waals surface area contributed by atoms with Gasteiger partial charge >= 0.3 is 0 Å². The molecule has 0 bridgehead atoms. The van der Waals surface area contributed by atoms with Gasteiger partial charge in [0.05, 0.1) is 17.1 Å². The van der Waals surface area contributed by atoms with E-state index in [1.807, 2.05) is 31.2 Å². The van der Waals surface area contributed by atoms with E-state index >= 15 is 0 Å². The molecule has 1 amide bonds. The number of imidazole rings is 1. The first kappa shape index (κ1) is 11.6. The molecule has 5 heteroatoms. The van der Waals surface area contributed by atoms with Crippen molar-refractivity contribution in [3.63, 3.8) is 0 Å². The Morgan fingerprint density at radius 2 is 2.18 bits per heavy atom. The monoisotopic (exact) mass is 232 g/mol. The minimum atomic E-state index is -0.601. The second kappa shape index (κ2) is 4.55. The molecule has 0 aliphatic carbocycles. The number of primary amides is 1. The number of carbonyl (C=O) groups excluding carboxylic acids is 1. The van der Waals surface area contributed by atoms with Crippen LogP contribution in [-0.4, -0.2) is 21.5 Å². The molecular formula is C12H16N4O. The van der Waals surface area contributed by atoms with Gasteiger partial charge in [0, 0.05) is 6.54 Å². The molecule has 1 aromatic heterocycles. The number of para-hydroxylation sites is 2. The number of hydrogen-bond acceptors (Lipinski definition) is 3. The lowest BCUT2D eigenvalue weighted by molar-refractivity contribution is -0.119. The van der Waals surface area contributed by atoms with Crippen molar-refractivity contribution < 1.29 is 4.79 Å². The fraction of sp³-hybridized carbons (Fsp3) is 0.333. The Bertz CT molecular complexity index is 546. The molecule has 0 saturated carbocycles. The average molecular weight is 232 g/mol. The molecule has 17 heavy (non-hydrogen) atoms. The first-order valence-corrected chi connectivity index (χ1v) is 5.56. The molecule has 0 spiro atoms. The van der Waals surface area contributed by atoms with Gasteiger partial charge in [-0.1, -0.05) is 12.1 Å². The number of aryl methyl sites for hydroxylation is 2. The van der Waals surface area contributed by atoms with Crippen LogP contribution in [0.4, 0.5) is 0 Å². The van der Waals surface area contributed by atoms with E-state index in [4.69, 9.17) is 11.5 Å². The number of rotatable bonds is 4. The van der Waals surface area contributed by atoms with Crippen LogP contribution in [0.5, 0.6) is 0 Å². The van der Waals surface area contributed by atoms with Crippen LogP contribution in [0.25, 0.3) is 11.0 Å². The largest absolute Gasteiger partial charge is 0.368 e. The molecule has 1 atom stereocenters. The van der Waals surface area contributed by atoms with Crippen molar-refractivity contribution in [2.75, 3.05) is 0 Å². The maximum absolute atomic E-state index is 10.9. The second-order valence-electron chi connectivity index (χ2n) is 4.10. The van der Waals surface area contributed by atoms with Gasteiger partial charge in [-0.3, -0.25) is 4.79 Å². The van der Waals surface area contributed by atoms with Crippen molar-refractivity contribution in [2.45, 2.75) is 25.9 Å². The summed E-state index contributed by atoms with van der Waals surface area (Å²) in [6.07, 6.45) is 0.524. The van der Waals surface area contributed by atoms with Gasteiger partial charge in [-0.25, -0.2) is 4.98 Å². The minimum absolute atomic E-state index is 0.466. The minimum Gasteiger partial charge on any atom is -0.368 e. The predicted octanol–water partition coefficient (Wildman–Crippen LogP) is 0.547. The maximum Gasteiger partial charge on any atom is 0.234 e. The van der Waals surface area contributed by atoms with Gasteiger partial charge in [0.25, 0.3) is 0 Å². The van der Waals surface area contributed by atoms with Gasteiger partial charge in [-0.2, -0.15) is 0 Å². The summed E-state index contributed by atoms with van der Waals surface area (Å²) in [6.45, 7) is 2.59. The van der Waals surface area contributed by atoms with E-state index in [1.54, 1.807) is 0 Å². The standard InChI is InChI=1S/C12H16N4O/c1-8-15-10-4-2-3-5-11(10)16(8)7-6-9(13)12(14)17/h2-5,9H,6-7,13H2,1H3,(H2,14,17). The van der Waals surface area contributed by atoms with E-state index in [2.05, 4.69) is 9.55 Å². The first-order chi connectivity index (χ1) is 8.09. The molecule has 5 nitrogen and oxygen atoms in total. The zero-order chi connectivity index (χ0) is 12.4. The Labute approximate surface area is 99.4 Å². The van der Waals surface area contributed by atoms with E-state index in [1.165, 1.54) is 0 Å². The molecule has 1 heterocycles. The van der Waals surface area contributed by atoms with E-state index in [0.717, 1.165) is 16.9 Å². The topological polar surface area (TPSA) is 86.9 Å². The van der Waals surface area contributed by atoms with Crippen LogP contribution in [-0.2, 0) is 11.3 Å². The van der Waals surface area contributed by atoms with Gasteiger partial charge in [-0.05, 0) is 25.5 Å². The summed E-state index contributed by atoms with van der Waals surface area (Å²) >= 11 is 0. The Balaban J connectivity index is 2.23. The fourth-order valence-corrected chi connectivity index (χ4v) is 1.89. The smallest absolute Gasteiger partial charge is 0.234 e. The van der Waals surface area contributed by atoms with Gasteiger partial charge in [0.2, 0.25) is 5.91 Å². The van der Waals surface area contributed by atoms with Gasteiger partial charge in [0.15, 0.2) is 0 Å². The van der Waals surface area contributed by atoms with Crippen LogP contribution in [0.2, 0.25) is 0 Å². The van der Waals surface area contributed by atoms with Crippen molar-refractivity contribution in [3.8, 4) is 0 Å². The van der Waals surface area contributed by atoms with Crippen LogP contribution in [0.15, 0.2) is 24.3 Å². The third-order valence-electron chi connectivity index (χ3n) is 2.87. The number of benzene rings is 1. The van der Waals surface area contributed by atoms with Gasteiger partial charge in [0.1, 0.15) is 5.82 Å². The zero-order valence-electron chi connectivity index (χ0n) is 9.76. The summed E-state index contributed by atoms with van der Waals surface area (Å²) in [6, 6.07) is 7.29. The third-order valence-corrected chi connectivity index (χ3v) is 2.87. The fourth-order valence-electron chi connectivity index (χ4n) is 1.89. The third kappa shape index (κ3) is 2.29. The second-order valence-corrected chi connectivity index (χ2v) is 4.10. The highest BCUT2D eigenvalue weighted by Crippen LogP contribution is 2.15. The summed E-state index contributed by atoms with van der Waals surface area (Å²) in [7, 11) is 0. The molecule has 0 radical (unpaired) electrons. The number of hydrogen-bond donors (Lipinski definition) is 2. The van der Waals surface area contributed by atoms with Crippen LogP contribution >= 0.6 is 0 Å². The molecular weight excluding hydrogens is 216 g/mol. The summed E-state index contributed by atoms with van der Waals surface area (Å²) < 4.78 is 2.05. The number of carbonyl (C=O) groups is 1. The first-order valence-electron chi connectivity index (χ1n) is 5.56. The Hall–Kier alpha value is -1.88. The lowest BCUT2D eigenvalue weighted by atomic mass is 10.2. The summed E-state index contributed by atoms with van der Waals surface area (Å²) in [5.41, 5.74) is 12.8. The normalized spacial score (nSPS) is 12.8. The predicted molar refractivity (Wildman–Crippen MR) is 66.3 cm³/mol. The highest BCUT2D eigenvalue weighted by molar-refractivity contribution is 5.79. The Morgan fingerprint density at radius 3 is 2.88 bits per heavy atom. The molecule has 0 saturated heterocycles. The van der Waals surface area contributed by atoms with Crippen molar-refractivity contribution in [3.05, 3.63) is 30.1 Å². The summed E-state index contributed by atoms with van der Waals surface area (Å²) in [5.74, 6) is 0.454. The molecule has 2 aromatic rings. The quantitative estimate of drug-likeness (QED) is 0.806. The average Bonchev–Trinajstić information content (AvgIpc) is 2.61. The summed E-state index contributed by atoms with van der Waals surface area (Å²) in [4.78, 5) is 15.3. The lowest BCUT2D eigenvalue weighted by Crippen LogP contribution is -2.37. The molecule has 4 N–H and O–H groups in total. The number of nitrogens with two attached hydrogens (primary N) is 2. The van der Waals surface area contributed by atoms with E-state index in [-0.39, 0.29) is 0 Å². The number of amides is 1. The molecule has 90 valence electrons. The molecule has 2 rings (SSSR count). The Kier molecular flexibility index (Phi) is 3.10. The van der Waals surface area contributed by atoms with E-state index < -0.39 is 11.9 Å². The van der Waals surface area contributed by atoms with Crippen molar-refractivity contribution in [1.82, 2.24) is 9.55 Å². The van der Waals surface area contributed by atoms with E-state index in [9.17, 15) is 4.79 Å². The molecule has 0 aliphatic heterocycles. The molecule has 0 aliphatic rings. The SMILES string of the molecule is Cc1nc2ccccc2n1CCC(N)C(N)=O. The van der Waals surface area contributed by atoms with Crippen LogP contribution in [0, 0.1) is 6.92 Å². The number of fused-ring (bicyclic) bond motifs is 1. The molecule has 1 unspecified atom stereocenters. The van der Waals surface area contributed by atoms with Crippen molar-refractivity contribution in [1.29, 1.82) is 0 Å². The van der Waals surface area contributed by atoms with E-state index in [0.29, 0.717) is 13.0 Å². The molecule has 1 aromatic carbocycles. The van der Waals surface area contributed by atoms with Crippen LogP contribution in [0.1, 0.15) is 12.2 Å². The van der Waals surface area contributed by atoms with Crippen molar-refractivity contribution >= 4 is 16.9 Å². The highest BCUT2D eigenvalue weighted by Gasteiger charge is 2.11. The number of nitrogens with zero attached hydrogens (tertiary/aromatic N) is 2. The molecule has 0 fully saturated rings. The highest BCUT2D eigenvalue weighted by atomic mass is 16.1. The van der Waals surface area contributed by atoms with Gasteiger partial charge < -0.3 is 16.0 Å². The lowest BCUT2D eigenvalue weighted by Gasteiger charge is -2.10. The van der Waals surface area contributed by atoms with Gasteiger partial charge in [-0.15, -0.1) is 0 Å². The van der Waals surface area contributed by atoms with Crippen LogP contribution < -0.4 is 11.5 Å². The zero-order valence-corrected chi connectivity index (χ0v) is 9.76.